The second-order valence-electron chi connectivity index (χ2n) is 10.0. The molecule has 0 aromatic heterocycles. The zero-order valence-corrected chi connectivity index (χ0v) is 29.4. The molecular formula is C34H40I2O2Zr. The van der Waals surface area contributed by atoms with E-state index < -0.39 is 0 Å². The van der Waals surface area contributed by atoms with Crippen molar-refractivity contribution < 1.29 is 36.4 Å². The molecule has 0 saturated heterocycles. The van der Waals surface area contributed by atoms with Gasteiger partial charge in [0.15, 0.2) is 0 Å². The van der Waals surface area contributed by atoms with Crippen LogP contribution in [0.4, 0.5) is 0 Å². The van der Waals surface area contributed by atoms with Gasteiger partial charge in [-0.1, -0.05) is 100 Å². The van der Waals surface area contributed by atoms with Crippen molar-refractivity contribution >= 4 is 45.2 Å². The minimum Gasteiger partial charge on any atom is -0.507 e. The Bertz CT molecular complexity index is 996. The third-order valence-electron chi connectivity index (χ3n) is 7.23. The molecule has 206 valence electrons. The molecule has 5 heteroatoms. The number of hydrogen-bond acceptors (Lipinski definition) is 2. The Labute approximate surface area is 281 Å². The average Bonchev–Trinajstić information content (AvgIpc) is 3.70. The first-order valence-electron chi connectivity index (χ1n) is 13.8. The SMILES string of the molecule is Oc1ccccc1I.Oc1ccccc1I.[Zr+2].c1cc[c-](C2CCCCC2)c1.c1cc[c-](C2CCCCC2)c1. The fraction of sp³-hybridized carbons (Fsp3) is 0.353. The Hall–Kier alpha value is -0.917. The van der Waals surface area contributed by atoms with E-state index in [9.17, 15) is 0 Å². The molecule has 4 aromatic rings. The van der Waals surface area contributed by atoms with Crippen molar-refractivity contribution in [1.82, 2.24) is 0 Å². The van der Waals surface area contributed by atoms with Gasteiger partial charge >= 0.3 is 26.2 Å². The van der Waals surface area contributed by atoms with E-state index in [1.165, 1.54) is 64.2 Å². The molecule has 0 amide bonds. The number of phenolic OH excluding ortho intramolecular Hbond substituents is 2. The molecule has 2 aliphatic rings. The monoisotopic (exact) mass is 824 g/mol. The quantitative estimate of drug-likeness (QED) is 0.156. The maximum atomic E-state index is 8.91. The van der Waals surface area contributed by atoms with E-state index in [0.717, 1.165) is 19.0 Å². The van der Waals surface area contributed by atoms with Crippen LogP contribution in [0.25, 0.3) is 0 Å². The molecule has 6 rings (SSSR count). The van der Waals surface area contributed by atoms with Crippen molar-refractivity contribution in [2.45, 2.75) is 76.0 Å². The predicted octanol–water partition coefficient (Wildman–Crippen LogP) is 10.9. The first-order chi connectivity index (χ1) is 18.5. The second kappa shape index (κ2) is 20.0. The number of para-hydroxylation sites is 2. The molecule has 0 unspecified atom stereocenters. The van der Waals surface area contributed by atoms with Crippen LogP contribution in [0.5, 0.6) is 11.5 Å². The molecule has 2 saturated carbocycles. The van der Waals surface area contributed by atoms with Gasteiger partial charge in [-0.2, -0.15) is 35.4 Å². The van der Waals surface area contributed by atoms with Crippen LogP contribution in [0.2, 0.25) is 0 Å². The number of phenols is 2. The molecular weight excluding hydrogens is 785 g/mol. The van der Waals surface area contributed by atoms with E-state index in [1.54, 1.807) is 35.4 Å². The van der Waals surface area contributed by atoms with Crippen molar-refractivity contribution in [3.63, 3.8) is 0 Å². The Morgan fingerprint density at radius 1 is 0.487 bits per heavy atom. The van der Waals surface area contributed by atoms with E-state index in [1.807, 2.05) is 24.3 Å². The molecule has 0 heterocycles. The summed E-state index contributed by atoms with van der Waals surface area (Å²) in [6, 6.07) is 32.2. The zero-order chi connectivity index (χ0) is 27.0. The van der Waals surface area contributed by atoms with Gasteiger partial charge in [-0.25, -0.2) is 24.3 Å². The molecule has 0 aliphatic heterocycles. The smallest absolute Gasteiger partial charge is 0.507 e. The van der Waals surface area contributed by atoms with E-state index in [-0.39, 0.29) is 26.2 Å². The van der Waals surface area contributed by atoms with E-state index >= 15 is 0 Å². The normalized spacial score (nSPS) is 15.2. The van der Waals surface area contributed by atoms with Gasteiger partial charge in [-0.05, 0) is 69.4 Å². The number of halogens is 2. The van der Waals surface area contributed by atoms with Gasteiger partial charge in [0.05, 0.1) is 7.14 Å². The van der Waals surface area contributed by atoms with Crippen LogP contribution < -0.4 is 0 Å². The van der Waals surface area contributed by atoms with Crippen LogP contribution in [0.3, 0.4) is 0 Å². The summed E-state index contributed by atoms with van der Waals surface area (Å²) in [5.41, 5.74) is 3.15. The Balaban J connectivity index is 0.000000183. The Morgan fingerprint density at radius 2 is 0.795 bits per heavy atom. The van der Waals surface area contributed by atoms with E-state index in [2.05, 4.69) is 93.7 Å². The van der Waals surface area contributed by atoms with Crippen LogP contribution >= 0.6 is 45.2 Å². The maximum absolute atomic E-state index is 8.91. The van der Waals surface area contributed by atoms with Gasteiger partial charge in [0.2, 0.25) is 0 Å². The molecule has 0 bridgehead atoms. The van der Waals surface area contributed by atoms with Crippen LogP contribution in [0, 0.1) is 7.14 Å². The van der Waals surface area contributed by atoms with Crippen LogP contribution in [-0.2, 0) is 26.2 Å². The molecule has 2 nitrogen and oxygen atoms in total. The summed E-state index contributed by atoms with van der Waals surface area (Å²) in [6.45, 7) is 0. The first kappa shape index (κ1) is 34.3. The largest absolute Gasteiger partial charge is 2.00 e. The number of aromatic hydroxyl groups is 2. The summed E-state index contributed by atoms with van der Waals surface area (Å²) in [4.78, 5) is 0. The third-order valence-corrected chi connectivity index (χ3v) is 9.06. The van der Waals surface area contributed by atoms with Gasteiger partial charge in [0.25, 0.3) is 0 Å². The molecule has 4 aromatic carbocycles. The minimum absolute atomic E-state index is 0. The molecule has 2 aliphatic carbocycles. The third kappa shape index (κ3) is 13.1. The molecule has 0 spiro atoms. The molecule has 0 atom stereocenters. The van der Waals surface area contributed by atoms with Crippen molar-refractivity contribution in [2.75, 3.05) is 0 Å². The molecule has 0 radical (unpaired) electrons. The zero-order valence-electron chi connectivity index (χ0n) is 22.6. The summed E-state index contributed by atoms with van der Waals surface area (Å²) < 4.78 is 1.79. The van der Waals surface area contributed by atoms with Gasteiger partial charge in [0.1, 0.15) is 11.5 Å². The van der Waals surface area contributed by atoms with Crippen molar-refractivity contribution in [2.24, 2.45) is 0 Å². The number of hydrogen-bond donors (Lipinski definition) is 2. The fourth-order valence-corrected chi connectivity index (χ4v) is 5.87. The van der Waals surface area contributed by atoms with Crippen molar-refractivity contribution in [1.29, 1.82) is 0 Å². The van der Waals surface area contributed by atoms with Crippen molar-refractivity contribution in [3.05, 3.63) is 115 Å². The van der Waals surface area contributed by atoms with Gasteiger partial charge in [-0.3, -0.25) is 0 Å². The summed E-state index contributed by atoms with van der Waals surface area (Å²) in [5.74, 6) is 2.48. The van der Waals surface area contributed by atoms with E-state index in [4.69, 9.17) is 10.2 Å². The molecule has 2 fully saturated rings. The molecule has 39 heavy (non-hydrogen) atoms. The summed E-state index contributed by atoms with van der Waals surface area (Å²) in [6.07, 6.45) is 14.4. The fourth-order valence-electron chi connectivity index (χ4n) is 5.10. The predicted molar refractivity (Wildman–Crippen MR) is 177 cm³/mol. The number of rotatable bonds is 2. The molecule has 2 N–H and O–H groups in total. The van der Waals surface area contributed by atoms with Gasteiger partial charge in [0, 0.05) is 0 Å². The average molecular weight is 826 g/mol. The van der Waals surface area contributed by atoms with Crippen LogP contribution in [0.1, 0.15) is 87.2 Å². The maximum Gasteiger partial charge on any atom is 2.00 e. The summed E-state index contributed by atoms with van der Waals surface area (Å²) in [5, 5.41) is 17.8. The van der Waals surface area contributed by atoms with Gasteiger partial charge in [-0.15, -0.1) is 0 Å². The Kier molecular flexibility index (Phi) is 17.6. The van der Waals surface area contributed by atoms with Gasteiger partial charge < -0.3 is 10.2 Å². The van der Waals surface area contributed by atoms with E-state index in [0.29, 0.717) is 11.5 Å². The minimum atomic E-state index is 0. The topological polar surface area (TPSA) is 40.5 Å². The first-order valence-corrected chi connectivity index (χ1v) is 16.0. The Morgan fingerprint density at radius 3 is 1.05 bits per heavy atom. The van der Waals surface area contributed by atoms with Crippen LogP contribution in [-0.4, -0.2) is 10.2 Å². The summed E-state index contributed by atoms with van der Waals surface area (Å²) >= 11 is 4.15. The summed E-state index contributed by atoms with van der Waals surface area (Å²) in [7, 11) is 0. The van der Waals surface area contributed by atoms with Crippen molar-refractivity contribution in [3.8, 4) is 11.5 Å². The van der Waals surface area contributed by atoms with Crippen LogP contribution in [0.15, 0.2) is 97.1 Å². The second-order valence-corrected chi connectivity index (χ2v) is 12.3. The number of benzene rings is 2. The standard InChI is InChI=1S/2C11H15.2C6H5IO.Zr/c2*1-2-6-10(7-3-1)11-8-4-5-9-11;2*7-5-3-1-2-4-6(5)8;/h2*4-5,8-10H,1-3,6-7H2;2*1-4,8H;/q2*-1;;;+2.